The van der Waals surface area contributed by atoms with Gasteiger partial charge in [0.25, 0.3) is 0 Å². The quantitative estimate of drug-likeness (QED) is 0.364. The van der Waals surface area contributed by atoms with Crippen molar-refractivity contribution in [2.45, 2.75) is 31.9 Å². The van der Waals surface area contributed by atoms with Gasteiger partial charge < -0.3 is 20.3 Å². The molecule has 0 spiro atoms. The number of aliphatic imine (C=N–C) groups is 1. The molecule has 0 radical (unpaired) electrons. The lowest BCUT2D eigenvalue weighted by atomic mass is 10.1. The number of ether oxygens (including phenoxy) is 1. The van der Waals surface area contributed by atoms with Crippen molar-refractivity contribution >= 4 is 29.9 Å². The van der Waals surface area contributed by atoms with Crippen LogP contribution in [-0.2, 0) is 11.2 Å². The van der Waals surface area contributed by atoms with Gasteiger partial charge in [-0.15, -0.1) is 24.0 Å². The van der Waals surface area contributed by atoms with Crippen LogP contribution in [0.15, 0.2) is 35.3 Å². The Hall–Kier alpha value is -0.860. The van der Waals surface area contributed by atoms with Crippen LogP contribution >= 0.6 is 24.0 Å². The van der Waals surface area contributed by atoms with Crippen molar-refractivity contribution in [3.05, 3.63) is 35.9 Å². The minimum atomic E-state index is -0.220. The van der Waals surface area contributed by atoms with Gasteiger partial charge >= 0.3 is 0 Å². The highest BCUT2D eigenvalue weighted by Crippen LogP contribution is 2.06. The summed E-state index contributed by atoms with van der Waals surface area (Å²) in [5.41, 5.74) is 1.12. The summed E-state index contributed by atoms with van der Waals surface area (Å²) in [5.74, 6) is 0.801. The van der Waals surface area contributed by atoms with Crippen molar-refractivity contribution in [1.82, 2.24) is 15.5 Å². The standard InChI is InChI=1S/C18H32N4O.HI/c1-18(2,23-6)14-21-17(19-3)20-13-16(22(4)5)12-15-10-8-7-9-11-15;/h7-11,16H,12-14H2,1-6H3,(H2,19,20,21);1H. The molecule has 0 saturated carbocycles. The molecule has 1 aromatic rings. The zero-order valence-electron chi connectivity index (χ0n) is 15.8. The van der Waals surface area contributed by atoms with E-state index in [0.29, 0.717) is 12.6 Å². The summed E-state index contributed by atoms with van der Waals surface area (Å²) in [4.78, 5) is 6.53. The summed E-state index contributed by atoms with van der Waals surface area (Å²) in [6, 6.07) is 11.0. The number of guanidine groups is 1. The summed E-state index contributed by atoms with van der Waals surface area (Å²) in [6.45, 7) is 5.63. The molecule has 5 nitrogen and oxygen atoms in total. The molecule has 1 rings (SSSR count). The highest BCUT2D eigenvalue weighted by Gasteiger charge is 2.17. The van der Waals surface area contributed by atoms with Gasteiger partial charge in [0.05, 0.1) is 5.60 Å². The van der Waals surface area contributed by atoms with Crippen molar-refractivity contribution in [3.8, 4) is 0 Å². The average Bonchev–Trinajstić information content (AvgIpc) is 2.54. The predicted molar refractivity (Wildman–Crippen MR) is 113 cm³/mol. The van der Waals surface area contributed by atoms with Crippen molar-refractivity contribution in [1.29, 1.82) is 0 Å². The van der Waals surface area contributed by atoms with Crippen LogP contribution in [-0.4, -0.2) is 63.8 Å². The molecule has 0 saturated heterocycles. The molecule has 0 heterocycles. The Kier molecular flexibility index (Phi) is 11.2. The summed E-state index contributed by atoms with van der Waals surface area (Å²) in [7, 11) is 7.73. The molecule has 2 N–H and O–H groups in total. The van der Waals surface area contributed by atoms with Crippen LogP contribution in [0.1, 0.15) is 19.4 Å². The summed E-state index contributed by atoms with van der Waals surface area (Å²) in [6.07, 6.45) is 1.00. The molecular formula is C18H33IN4O. The van der Waals surface area contributed by atoms with Gasteiger partial charge in [-0.1, -0.05) is 30.3 Å². The number of methoxy groups -OCH3 is 1. The minimum absolute atomic E-state index is 0. The monoisotopic (exact) mass is 448 g/mol. The lowest BCUT2D eigenvalue weighted by Gasteiger charge is -2.27. The molecule has 0 bridgehead atoms. The Bertz CT molecular complexity index is 477. The first kappa shape index (κ1) is 23.1. The zero-order chi connectivity index (χ0) is 17.3. The molecule has 0 aliphatic carbocycles. The van der Waals surface area contributed by atoms with Crippen LogP contribution in [0.2, 0.25) is 0 Å². The van der Waals surface area contributed by atoms with E-state index < -0.39 is 0 Å². The normalized spacial score (nSPS) is 13.4. The molecule has 0 aliphatic heterocycles. The number of benzene rings is 1. The van der Waals surface area contributed by atoms with E-state index in [9.17, 15) is 0 Å². The highest BCUT2D eigenvalue weighted by molar-refractivity contribution is 14.0. The molecule has 0 amide bonds. The topological polar surface area (TPSA) is 48.9 Å². The van der Waals surface area contributed by atoms with Crippen molar-refractivity contribution in [3.63, 3.8) is 0 Å². The highest BCUT2D eigenvalue weighted by atomic mass is 127. The molecule has 0 aliphatic rings. The first-order chi connectivity index (χ1) is 10.9. The third kappa shape index (κ3) is 8.84. The number of likely N-dealkylation sites (N-methyl/N-ethyl adjacent to an activating group) is 1. The van der Waals surface area contributed by atoms with Crippen LogP contribution in [0.25, 0.3) is 0 Å². The molecule has 24 heavy (non-hydrogen) atoms. The van der Waals surface area contributed by atoms with Crippen molar-refractivity contribution in [2.75, 3.05) is 41.3 Å². The van der Waals surface area contributed by atoms with E-state index in [0.717, 1.165) is 18.9 Å². The van der Waals surface area contributed by atoms with Crippen molar-refractivity contribution < 1.29 is 4.74 Å². The predicted octanol–water partition coefficient (Wildman–Crippen LogP) is 2.37. The van der Waals surface area contributed by atoms with Crippen LogP contribution in [0.4, 0.5) is 0 Å². The van der Waals surface area contributed by atoms with Crippen LogP contribution < -0.4 is 10.6 Å². The first-order valence-corrected chi connectivity index (χ1v) is 8.08. The van der Waals surface area contributed by atoms with E-state index in [2.05, 4.69) is 65.0 Å². The Labute approximate surface area is 164 Å². The maximum Gasteiger partial charge on any atom is 0.191 e. The zero-order valence-corrected chi connectivity index (χ0v) is 18.1. The molecule has 6 heteroatoms. The lowest BCUT2D eigenvalue weighted by Crippen LogP contribution is -2.49. The lowest BCUT2D eigenvalue weighted by molar-refractivity contribution is 0.0268. The second-order valence-electron chi connectivity index (χ2n) is 6.58. The summed E-state index contributed by atoms with van der Waals surface area (Å²) >= 11 is 0. The van der Waals surface area contributed by atoms with Gasteiger partial charge in [-0.2, -0.15) is 0 Å². The molecule has 0 fully saturated rings. The Morgan fingerprint density at radius 2 is 1.83 bits per heavy atom. The molecule has 138 valence electrons. The number of halogens is 1. The Balaban J connectivity index is 0.00000529. The summed E-state index contributed by atoms with van der Waals surface area (Å²) in [5, 5.41) is 6.72. The van der Waals surface area contributed by atoms with E-state index in [-0.39, 0.29) is 29.6 Å². The van der Waals surface area contributed by atoms with Gasteiger partial charge in [0.2, 0.25) is 0 Å². The maximum atomic E-state index is 5.42. The fourth-order valence-electron chi connectivity index (χ4n) is 2.13. The van der Waals surface area contributed by atoms with E-state index >= 15 is 0 Å². The van der Waals surface area contributed by atoms with E-state index in [4.69, 9.17) is 4.74 Å². The smallest absolute Gasteiger partial charge is 0.191 e. The fourth-order valence-corrected chi connectivity index (χ4v) is 2.13. The number of hydrogen-bond donors (Lipinski definition) is 2. The van der Waals surface area contributed by atoms with Gasteiger partial charge in [0, 0.05) is 33.3 Å². The SMILES string of the molecule is CN=C(NCC(Cc1ccccc1)N(C)C)NCC(C)(C)OC.I. The van der Waals surface area contributed by atoms with Crippen molar-refractivity contribution in [2.24, 2.45) is 4.99 Å². The van der Waals surface area contributed by atoms with Crippen LogP contribution in [0, 0.1) is 0 Å². The molecule has 1 atom stereocenters. The molecular weight excluding hydrogens is 415 g/mol. The summed E-state index contributed by atoms with van der Waals surface area (Å²) < 4.78 is 5.42. The number of nitrogens with zero attached hydrogens (tertiary/aromatic N) is 2. The van der Waals surface area contributed by atoms with Gasteiger partial charge in [-0.05, 0) is 39.9 Å². The second kappa shape index (κ2) is 11.7. The van der Waals surface area contributed by atoms with Crippen LogP contribution in [0.5, 0.6) is 0 Å². The maximum absolute atomic E-state index is 5.42. The Morgan fingerprint density at radius 1 is 1.21 bits per heavy atom. The third-order valence-corrected chi connectivity index (χ3v) is 4.01. The van der Waals surface area contributed by atoms with E-state index in [1.165, 1.54) is 5.56 Å². The second-order valence-corrected chi connectivity index (χ2v) is 6.58. The number of nitrogens with one attached hydrogen (secondary N) is 2. The average molecular weight is 448 g/mol. The van der Waals surface area contributed by atoms with Gasteiger partial charge in [-0.25, -0.2) is 0 Å². The minimum Gasteiger partial charge on any atom is -0.377 e. The first-order valence-electron chi connectivity index (χ1n) is 8.08. The van der Waals surface area contributed by atoms with Gasteiger partial charge in [0.1, 0.15) is 0 Å². The van der Waals surface area contributed by atoms with Gasteiger partial charge in [0.15, 0.2) is 5.96 Å². The number of hydrogen-bond acceptors (Lipinski definition) is 3. The van der Waals surface area contributed by atoms with E-state index in [1.807, 2.05) is 13.8 Å². The van der Waals surface area contributed by atoms with E-state index in [1.54, 1.807) is 14.2 Å². The van der Waals surface area contributed by atoms with Crippen LogP contribution in [0.3, 0.4) is 0 Å². The Morgan fingerprint density at radius 3 is 2.33 bits per heavy atom. The van der Waals surface area contributed by atoms with Gasteiger partial charge in [-0.3, -0.25) is 4.99 Å². The molecule has 1 aromatic carbocycles. The molecule has 1 unspecified atom stereocenters. The third-order valence-electron chi connectivity index (χ3n) is 4.01. The molecule has 0 aromatic heterocycles. The largest absolute Gasteiger partial charge is 0.377 e. The number of rotatable bonds is 8. The fraction of sp³-hybridized carbons (Fsp3) is 0.611.